The Bertz CT molecular complexity index is 99.7. The molecule has 0 aromatic rings. The van der Waals surface area contributed by atoms with Gasteiger partial charge in [-0.3, -0.25) is 4.94 Å². The van der Waals surface area contributed by atoms with E-state index in [1.807, 2.05) is 0 Å². The zero-order chi connectivity index (χ0) is 3.98. The summed E-state index contributed by atoms with van der Waals surface area (Å²) in [5.74, 6) is 0. The molecule has 0 radical (unpaired) electrons. The molecule has 2 aliphatic rings. The van der Waals surface area contributed by atoms with Gasteiger partial charge >= 0.3 is 0 Å². The zero-order valence-corrected chi connectivity index (χ0v) is 2.90. The first-order chi connectivity index (χ1) is 2.97. The number of hydrogen-bond donors (Lipinski definition) is 0. The van der Waals surface area contributed by atoms with Crippen molar-refractivity contribution in [1.29, 1.82) is 0 Å². The van der Waals surface area contributed by atoms with Gasteiger partial charge in [-0.1, -0.05) is 0 Å². The van der Waals surface area contributed by atoms with E-state index < -0.39 is 0 Å². The fourth-order valence-electron chi connectivity index (χ4n) is 0.321. The van der Waals surface area contributed by atoms with Crippen molar-refractivity contribution in [3.05, 3.63) is 0 Å². The summed E-state index contributed by atoms with van der Waals surface area (Å²) in [4.78, 5) is 4.44. The SMILES string of the molecule is C1N2N=NON12. The van der Waals surface area contributed by atoms with Crippen LogP contribution in [0.25, 0.3) is 0 Å². The van der Waals surface area contributed by atoms with Crippen molar-refractivity contribution < 1.29 is 4.94 Å². The van der Waals surface area contributed by atoms with Gasteiger partial charge in [0.15, 0.2) is 6.67 Å². The van der Waals surface area contributed by atoms with Crippen LogP contribution < -0.4 is 0 Å². The van der Waals surface area contributed by atoms with Crippen LogP contribution >= 0.6 is 0 Å². The summed E-state index contributed by atoms with van der Waals surface area (Å²) in [6.45, 7) is 0.767. The molecule has 2 aliphatic heterocycles. The molecular formula is CH2N4O. The summed E-state index contributed by atoms with van der Waals surface area (Å²) in [6, 6.07) is 0. The van der Waals surface area contributed by atoms with E-state index in [0.717, 1.165) is 6.67 Å². The van der Waals surface area contributed by atoms with Crippen LogP contribution in [0.3, 0.4) is 0 Å². The highest BCUT2D eigenvalue weighted by atomic mass is 16.9. The van der Waals surface area contributed by atoms with Gasteiger partial charge in [0.1, 0.15) is 0 Å². The van der Waals surface area contributed by atoms with Crippen molar-refractivity contribution >= 4 is 0 Å². The highest BCUT2D eigenvalue weighted by molar-refractivity contribution is 4.50. The molecule has 0 aromatic heterocycles. The van der Waals surface area contributed by atoms with Gasteiger partial charge in [0.25, 0.3) is 0 Å². The maximum absolute atomic E-state index is 4.44. The maximum atomic E-state index is 4.44. The molecule has 0 aliphatic carbocycles. The Morgan fingerprint density at radius 2 is 2.67 bits per heavy atom. The third kappa shape index (κ3) is 0.118. The van der Waals surface area contributed by atoms with Gasteiger partial charge in [-0.25, -0.2) is 0 Å². The fraction of sp³-hybridized carbons (Fsp3) is 1.00. The molecule has 1 saturated heterocycles. The average molecular weight is 86.1 g/mol. The van der Waals surface area contributed by atoms with Gasteiger partial charge in [0, 0.05) is 5.17 Å². The number of rotatable bonds is 0. The molecule has 0 saturated carbocycles. The third-order valence-corrected chi connectivity index (χ3v) is 0.690. The van der Waals surface area contributed by atoms with Gasteiger partial charge in [0.05, 0.1) is 5.28 Å². The Morgan fingerprint density at radius 1 is 1.67 bits per heavy atom. The van der Waals surface area contributed by atoms with Crippen molar-refractivity contribution in [3.8, 4) is 0 Å². The van der Waals surface area contributed by atoms with Crippen LogP contribution in [-0.2, 0) is 4.94 Å². The second-order valence-corrected chi connectivity index (χ2v) is 1.12. The van der Waals surface area contributed by atoms with E-state index >= 15 is 0 Å². The molecular weight excluding hydrogens is 84.0 g/mol. The summed E-state index contributed by atoms with van der Waals surface area (Å²) < 4.78 is 0. The molecule has 6 heavy (non-hydrogen) atoms. The monoisotopic (exact) mass is 86.0 g/mol. The lowest BCUT2D eigenvalue weighted by Gasteiger charge is -1.76. The second-order valence-electron chi connectivity index (χ2n) is 1.12. The smallest absolute Gasteiger partial charge is 0.171 e. The molecule has 32 valence electrons. The van der Waals surface area contributed by atoms with E-state index in [1.54, 1.807) is 5.12 Å². The van der Waals surface area contributed by atoms with Crippen LogP contribution in [0.1, 0.15) is 0 Å². The quantitative estimate of drug-likeness (QED) is 0.380. The molecule has 2 heterocycles. The Morgan fingerprint density at radius 3 is 2.83 bits per heavy atom. The molecule has 1 atom stereocenters. The Hall–Kier alpha value is -0.840. The molecule has 0 amide bonds. The summed E-state index contributed by atoms with van der Waals surface area (Å²) in [5, 5.41) is 9.79. The van der Waals surface area contributed by atoms with Crippen LogP contribution in [0.2, 0.25) is 0 Å². The predicted octanol–water partition coefficient (Wildman–Crippen LogP) is -0.296. The minimum absolute atomic E-state index is 0.767. The Kier molecular flexibility index (Phi) is 0.194. The molecule has 5 nitrogen and oxygen atoms in total. The predicted molar refractivity (Wildman–Crippen MR) is 14.5 cm³/mol. The molecule has 5 heteroatoms. The van der Waals surface area contributed by atoms with Gasteiger partial charge in [-0.2, -0.15) is 0 Å². The molecule has 0 aromatic carbocycles. The van der Waals surface area contributed by atoms with E-state index in [9.17, 15) is 0 Å². The first-order valence-corrected chi connectivity index (χ1v) is 1.60. The Labute approximate surface area is 33.7 Å². The van der Waals surface area contributed by atoms with Gasteiger partial charge in [-0.05, 0) is 5.22 Å². The number of nitrogens with zero attached hydrogens (tertiary/aromatic N) is 4. The first kappa shape index (κ1) is 2.35. The number of hydrazine groups is 1. The van der Waals surface area contributed by atoms with E-state index in [1.165, 1.54) is 5.17 Å². The Balaban J connectivity index is 2.26. The number of hydroxylamine groups is 1. The zero-order valence-electron chi connectivity index (χ0n) is 2.90. The lowest BCUT2D eigenvalue weighted by Crippen LogP contribution is -1.88. The van der Waals surface area contributed by atoms with E-state index in [0.29, 0.717) is 0 Å². The van der Waals surface area contributed by atoms with E-state index in [2.05, 4.69) is 15.4 Å². The topological polar surface area (TPSA) is 40.0 Å². The van der Waals surface area contributed by atoms with Crippen molar-refractivity contribution in [2.75, 3.05) is 6.67 Å². The molecule has 0 bridgehead atoms. The van der Waals surface area contributed by atoms with Crippen LogP contribution in [0.15, 0.2) is 10.5 Å². The molecule has 0 N–H and O–H groups in total. The highest BCUT2D eigenvalue weighted by Gasteiger charge is 2.38. The van der Waals surface area contributed by atoms with Crippen molar-refractivity contribution in [1.82, 2.24) is 10.3 Å². The molecule has 2 rings (SSSR count). The number of fused-ring (bicyclic) bond motifs is 1. The second kappa shape index (κ2) is 0.495. The maximum Gasteiger partial charge on any atom is 0.171 e. The van der Waals surface area contributed by atoms with Crippen LogP contribution in [0.5, 0.6) is 0 Å². The van der Waals surface area contributed by atoms with Gasteiger partial charge < -0.3 is 0 Å². The van der Waals surface area contributed by atoms with Crippen molar-refractivity contribution in [2.45, 2.75) is 0 Å². The molecule has 1 unspecified atom stereocenters. The lowest BCUT2D eigenvalue weighted by molar-refractivity contribution is -0.0818. The van der Waals surface area contributed by atoms with Crippen LogP contribution in [0, 0.1) is 0 Å². The summed E-state index contributed by atoms with van der Waals surface area (Å²) in [5.41, 5.74) is 0. The third-order valence-electron chi connectivity index (χ3n) is 0.690. The average Bonchev–Trinajstić information content (AvgIpc) is 2.17. The standard InChI is InChI=1S/CH2N4O/c1-4-2-3-6-5(1)4/h1H2. The van der Waals surface area contributed by atoms with Gasteiger partial charge in [0.2, 0.25) is 0 Å². The lowest BCUT2D eigenvalue weighted by atomic mass is 11.4. The first-order valence-electron chi connectivity index (χ1n) is 1.60. The molecule has 0 spiro atoms. The molecule has 1 fully saturated rings. The highest BCUT2D eigenvalue weighted by Crippen LogP contribution is 2.21. The minimum Gasteiger partial charge on any atom is -0.251 e. The van der Waals surface area contributed by atoms with E-state index in [4.69, 9.17) is 0 Å². The minimum atomic E-state index is 0.767. The fourth-order valence-corrected chi connectivity index (χ4v) is 0.321. The summed E-state index contributed by atoms with van der Waals surface area (Å²) >= 11 is 0. The largest absolute Gasteiger partial charge is 0.251 e. The van der Waals surface area contributed by atoms with Crippen LogP contribution in [-0.4, -0.2) is 17.0 Å². The summed E-state index contributed by atoms with van der Waals surface area (Å²) in [6.07, 6.45) is 0. The van der Waals surface area contributed by atoms with Crippen molar-refractivity contribution in [3.63, 3.8) is 0 Å². The van der Waals surface area contributed by atoms with Gasteiger partial charge in [-0.15, -0.1) is 5.12 Å². The summed E-state index contributed by atoms with van der Waals surface area (Å²) in [7, 11) is 0. The normalized spacial score (nSPS) is 36.0. The van der Waals surface area contributed by atoms with E-state index in [-0.39, 0.29) is 0 Å². The van der Waals surface area contributed by atoms with Crippen molar-refractivity contribution in [2.24, 2.45) is 10.5 Å². The van der Waals surface area contributed by atoms with Crippen LogP contribution in [0.4, 0.5) is 0 Å². The number of hydrogen-bond acceptors (Lipinski definition) is 5.